The molecule has 0 saturated carbocycles. The molecule has 3 nitrogen and oxygen atoms in total. The van der Waals surface area contributed by atoms with Gasteiger partial charge in [0.05, 0.1) is 12.2 Å². The minimum atomic E-state index is 0.698. The van der Waals surface area contributed by atoms with Crippen LogP contribution >= 0.6 is 11.3 Å². The van der Waals surface area contributed by atoms with Crippen LogP contribution in [0.15, 0.2) is 42.5 Å². The monoisotopic (exact) mass is 333 g/mol. The van der Waals surface area contributed by atoms with E-state index in [-0.39, 0.29) is 0 Å². The highest BCUT2D eigenvalue weighted by molar-refractivity contribution is 7.15. The third-order valence-corrected chi connectivity index (χ3v) is 5.42. The zero-order chi connectivity index (χ0) is 16.4. The van der Waals surface area contributed by atoms with Crippen LogP contribution in [0.3, 0.4) is 0 Å². The van der Waals surface area contributed by atoms with Crippen molar-refractivity contribution in [1.29, 1.82) is 0 Å². The first-order valence-electron chi connectivity index (χ1n) is 8.22. The van der Waals surface area contributed by atoms with Crippen molar-refractivity contribution in [2.45, 2.75) is 12.8 Å². The van der Waals surface area contributed by atoms with Crippen LogP contribution in [-0.4, -0.2) is 29.5 Å². The molecule has 4 rings (SSSR count). The Morgan fingerprint density at radius 2 is 1.92 bits per heavy atom. The van der Waals surface area contributed by atoms with Gasteiger partial charge in [0.25, 0.3) is 0 Å². The number of hydrogen-bond donors (Lipinski definition) is 1. The van der Waals surface area contributed by atoms with E-state index in [0.29, 0.717) is 5.13 Å². The van der Waals surface area contributed by atoms with Crippen molar-refractivity contribution in [2.24, 2.45) is 0 Å². The molecule has 1 aliphatic heterocycles. The summed E-state index contributed by atoms with van der Waals surface area (Å²) in [4.78, 5) is 8.19. The van der Waals surface area contributed by atoms with Gasteiger partial charge in [0.1, 0.15) is 0 Å². The number of benzene rings is 2. The molecule has 4 heteroatoms. The lowest BCUT2D eigenvalue weighted by Crippen LogP contribution is -2.26. The number of fused-ring (bicyclic) bond motifs is 2. The van der Waals surface area contributed by atoms with Crippen LogP contribution in [-0.2, 0) is 12.8 Å². The van der Waals surface area contributed by atoms with E-state index in [1.54, 1.807) is 11.3 Å². The summed E-state index contributed by atoms with van der Waals surface area (Å²) < 4.78 is 0. The molecule has 2 aromatic carbocycles. The largest absolute Gasteiger partial charge is 0.375 e. The summed E-state index contributed by atoms with van der Waals surface area (Å²) in [6.45, 7) is 2.83. The molecule has 0 unspecified atom stereocenters. The van der Waals surface area contributed by atoms with Crippen LogP contribution in [0.25, 0.3) is 10.8 Å². The fourth-order valence-electron chi connectivity index (χ4n) is 3.17. The van der Waals surface area contributed by atoms with Gasteiger partial charge < -0.3 is 5.73 Å². The fourth-order valence-corrected chi connectivity index (χ4v) is 4.04. The zero-order valence-corrected chi connectivity index (χ0v) is 14.3. The average Bonchev–Trinajstić information content (AvgIpc) is 2.86. The molecule has 24 heavy (non-hydrogen) atoms. The summed E-state index contributed by atoms with van der Waals surface area (Å²) in [5.74, 6) is 6.71. The van der Waals surface area contributed by atoms with Gasteiger partial charge in [-0.05, 0) is 23.3 Å². The predicted octanol–water partition coefficient (Wildman–Crippen LogP) is 3.33. The minimum Gasteiger partial charge on any atom is -0.375 e. The van der Waals surface area contributed by atoms with Gasteiger partial charge in [-0.25, -0.2) is 4.98 Å². The van der Waals surface area contributed by atoms with Crippen molar-refractivity contribution in [1.82, 2.24) is 9.88 Å². The maximum Gasteiger partial charge on any atom is 0.180 e. The molecule has 0 bridgehead atoms. The standard InChI is InChI=1S/C20H19N3S/c21-20-22-18-10-13-23(14-11-19(18)24-20)12-4-8-16-7-3-6-15-5-1-2-9-17(15)16/h1-3,5-7,9H,10-14H2,(H2,21,22). The Balaban J connectivity index is 1.46. The molecule has 0 fully saturated rings. The molecule has 1 aromatic heterocycles. The van der Waals surface area contributed by atoms with Crippen LogP contribution in [0.1, 0.15) is 16.1 Å². The highest BCUT2D eigenvalue weighted by Gasteiger charge is 2.16. The van der Waals surface area contributed by atoms with E-state index in [1.807, 2.05) is 0 Å². The Morgan fingerprint density at radius 1 is 1.08 bits per heavy atom. The average molecular weight is 333 g/mol. The molecular formula is C20H19N3S. The van der Waals surface area contributed by atoms with Crippen LogP contribution < -0.4 is 5.73 Å². The van der Waals surface area contributed by atoms with Gasteiger partial charge in [-0.15, -0.1) is 11.3 Å². The number of anilines is 1. The van der Waals surface area contributed by atoms with Crippen molar-refractivity contribution in [3.05, 3.63) is 58.6 Å². The maximum atomic E-state index is 5.81. The molecule has 1 aliphatic rings. The highest BCUT2D eigenvalue weighted by atomic mass is 32.1. The third kappa shape index (κ3) is 3.14. The molecule has 0 radical (unpaired) electrons. The molecule has 0 aliphatic carbocycles. The summed E-state index contributed by atoms with van der Waals surface area (Å²) in [7, 11) is 0. The molecule has 120 valence electrons. The van der Waals surface area contributed by atoms with Crippen molar-refractivity contribution < 1.29 is 0 Å². The number of aromatic nitrogens is 1. The van der Waals surface area contributed by atoms with Gasteiger partial charge in [-0.2, -0.15) is 0 Å². The second kappa shape index (κ2) is 6.64. The second-order valence-electron chi connectivity index (χ2n) is 6.03. The molecule has 2 heterocycles. The summed E-state index contributed by atoms with van der Waals surface area (Å²) >= 11 is 1.63. The molecule has 2 N–H and O–H groups in total. The Bertz CT molecular complexity index is 902. The van der Waals surface area contributed by atoms with Gasteiger partial charge in [0.2, 0.25) is 0 Å². The highest BCUT2D eigenvalue weighted by Crippen LogP contribution is 2.24. The van der Waals surface area contributed by atoms with Gasteiger partial charge in [-0.3, -0.25) is 4.90 Å². The number of rotatable bonds is 1. The number of nitrogens with zero attached hydrogens (tertiary/aromatic N) is 2. The van der Waals surface area contributed by atoms with Gasteiger partial charge in [0, 0.05) is 30.0 Å². The second-order valence-corrected chi connectivity index (χ2v) is 7.14. The summed E-state index contributed by atoms with van der Waals surface area (Å²) in [5.41, 5.74) is 8.10. The Hall–Kier alpha value is -2.35. The van der Waals surface area contributed by atoms with Crippen molar-refractivity contribution >= 4 is 27.2 Å². The van der Waals surface area contributed by atoms with E-state index < -0.39 is 0 Å². The lowest BCUT2D eigenvalue weighted by molar-refractivity contribution is 0.323. The molecule has 0 atom stereocenters. The molecule has 0 saturated heterocycles. The zero-order valence-electron chi connectivity index (χ0n) is 13.5. The maximum absolute atomic E-state index is 5.81. The Kier molecular flexibility index (Phi) is 4.20. The van der Waals surface area contributed by atoms with Crippen molar-refractivity contribution in [3.63, 3.8) is 0 Å². The van der Waals surface area contributed by atoms with Crippen molar-refractivity contribution in [3.8, 4) is 11.8 Å². The first-order valence-corrected chi connectivity index (χ1v) is 9.04. The SMILES string of the molecule is Nc1nc2c(s1)CCN(CC#Cc1cccc3ccccc13)CC2. The van der Waals surface area contributed by atoms with Gasteiger partial charge in [-0.1, -0.05) is 48.2 Å². The van der Waals surface area contributed by atoms with E-state index in [9.17, 15) is 0 Å². The van der Waals surface area contributed by atoms with Gasteiger partial charge >= 0.3 is 0 Å². The third-order valence-electron chi connectivity index (χ3n) is 4.43. The molecule has 0 amide bonds. The topological polar surface area (TPSA) is 42.1 Å². The van der Waals surface area contributed by atoms with E-state index in [1.165, 1.54) is 21.3 Å². The van der Waals surface area contributed by atoms with Crippen LogP contribution in [0.4, 0.5) is 5.13 Å². The first-order chi connectivity index (χ1) is 11.8. The number of nitrogens with two attached hydrogens (primary N) is 1. The number of thiazole rings is 1. The lowest BCUT2D eigenvalue weighted by Gasteiger charge is -2.15. The van der Waals surface area contributed by atoms with Crippen molar-refractivity contribution in [2.75, 3.05) is 25.4 Å². The molecule has 3 aromatic rings. The summed E-state index contributed by atoms with van der Waals surface area (Å²) in [5, 5.41) is 3.17. The Labute approximate surface area is 146 Å². The van der Waals surface area contributed by atoms with Crippen LogP contribution in [0.2, 0.25) is 0 Å². The smallest absolute Gasteiger partial charge is 0.180 e. The summed E-state index contributed by atoms with van der Waals surface area (Å²) in [6.07, 6.45) is 2.00. The number of hydrogen-bond acceptors (Lipinski definition) is 4. The van der Waals surface area contributed by atoms with Gasteiger partial charge in [0.15, 0.2) is 5.13 Å². The lowest BCUT2D eigenvalue weighted by atomic mass is 10.1. The van der Waals surface area contributed by atoms with Crippen LogP contribution in [0, 0.1) is 11.8 Å². The Morgan fingerprint density at radius 3 is 2.88 bits per heavy atom. The van der Waals surface area contributed by atoms with E-state index in [2.05, 4.69) is 64.2 Å². The molecule has 0 spiro atoms. The summed E-state index contributed by atoms with van der Waals surface area (Å²) in [6, 6.07) is 14.7. The quantitative estimate of drug-likeness (QED) is 0.695. The van der Waals surface area contributed by atoms with E-state index >= 15 is 0 Å². The van der Waals surface area contributed by atoms with E-state index in [0.717, 1.165) is 38.0 Å². The minimum absolute atomic E-state index is 0.698. The normalized spacial score (nSPS) is 14.7. The fraction of sp³-hybridized carbons (Fsp3) is 0.250. The van der Waals surface area contributed by atoms with E-state index in [4.69, 9.17) is 5.73 Å². The predicted molar refractivity (Wildman–Crippen MR) is 101 cm³/mol. The first kappa shape index (κ1) is 15.2. The van der Waals surface area contributed by atoms with Crippen LogP contribution in [0.5, 0.6) is 0 Å². The number of nitrogen functional groups attached to an aromatic ring is 1. The molecular weight excluding hydrogens is 314 g/mol.